The molecule has 0 bridgehead atoms. The van der Waals surface area contributed by atoms with Gasteiger partial charge in [-0.2, -0.15) is 0 Å². The van der Waals surface area contributed by atoms with E-state index >= 15 is 0 Å². The summed E-state index contributed by atoms with van der Waals surface area (Å²) in [4.78, 5) is 21.3. The minimum atomic E-state index is -0.895. The van der Waals surface area contributed by atoms with Gasteiger partial charge in [-0.15, -0.1) is 11.8 Å². The Bertz CT molecular complexity index is 211. The number of carbonyl (C=O) groups excluding carboxylic acids is 1. The molecular weight excluding hydrogens is 202 g/mol. The van der Waals surface area contributed by atoms with Gasteiger partial charge < -0.3 is 10.4 Å². The molecule has 4 nitrogen and oxygen atoms in total. The zero-order chi connectivity index (χ0) is 11.2. The van der Waals surface area contributed by atoms with Crippen LogP contribution in [-0.4, -0.2) is 34.0 Å². The number of amides is 1. The SMILES string of the molecule is CC(C)(C)SCC(=O)NCCC(=O)O. The second-order valence-electron chi connectivity index (χ2n) is 3.89. The first kappa shape index (κ1) is 13.3. The van der Waals surface area contributed by atoms with E-state index in [1.165, 1.54) is 0 Å². The fourth-order valence-electron chi connectivity index (χ4n) is 0.642. The fourth-order valence-corrected chi connectivity index (χ4v) is 1.31. The van der Waals surface area contributed by atoms with Crippen LogP contribution in [0.2, 0.25) is 0 Å². The summed E-state index contributed by atoms with van der Waals surface area (Å²) in [5.74, 6) is -0.622. The maximum Gasteiger partial charge on any atom is 0.305 e. The van der Waals surface area contributed by atoms with E-state index < -0.39 is 5.97 Å². The number of thioether (sulfide) groups is 1. The van der Waals surface area contributed by atoms with E-state index in [4.69, 9.17) is 5.11 Å². The van der Waals surface area contributed by atoms with Gasteiger partial charge in [0.25, 0.3) is 0 Å². The minimum Gasteiger partial charge on any atom is -0.481 e. The molecule has 0 aliphatic carbocycles. The van der Waals surface area contributed by atoms with Crippen LogP contribution >= 0.6 is 11.8 Å². The van der Waals surface area contributed by atoms with Crippen LogP contribution in [0.4, 0.5) is 0 Å². The summed E-state index contributed by atoms with van der Waals surface area (Å²) < 4.78 is 0.0597. The van der Waals surface area contributed by atoms with Gasteiger partial charge in [0.2, 0.25) is 5.91 Å². The van der Waals surface area contributed by atoms with Crippen molar-refractivity contribution in [3.05, 3.63) is 0 Å². The third-order valence-corrected chi connectivity index (χ3v) is 2.57. The Hall–Kier alpha value is -0.710. The quantitative estimate of drug-likeness (QED) is 0.727. The Morgan fingerprint density at radius 1 is 1.36 bits per heavy atom. The Balaban J connectivity index is 3.52. The molecule has 5 heteroatoms. The first-order chi connectivity index (χ1) is 6.31. The van der Waals surface area contributed by atoms with Crippen molar-refractivity contribution in [1.29, 1.82) is 0 Å². The fraction of sp³-hybridized carbons (Fsp3) is 0.778. The summed E-state index contributed by atoms with van der Waals surface area (Å²) in [7, 11) is 0. The van der Waals surface area contributed by atoms with Gasteiger partial charge in [0.05, 0.1) is 12.2 Å². The van der Waals surface area contributed by atoms with Crippen LogP contribution in [-0.2, 0) is 9.59 Å². The highest BCUT2D eigenvalue weighted by atomic mass is 32.2. The average Bonchev–Trinajstić information content (AvgIpc) is 1.99. The van der Waals surface area contributed by atoms with Gasteiger partial charge in [0, 0.05) is 11.3 Å². The molecule has 82 valence electrons. The van der Waals surface area contributed by atoms with Crippen molar-refractivity contribution in [2.24, 2.45) is 0 Å². The summed E-state index contributed by atoms with van der Waals surface area (Å²) in [6.45, 7) is 6.30. The predicted molar refractivity (Wildman–Crippen MR) is 57.5 cm³/mol. The van der Waals surface area contributed by atoms with Gasteiger partial charge >= 0.3 is 5.97 Å². The highest BCUT2D eigenvalue weighted by molar-refractivity contribution is 8.01. The third-order valence-electron chi connectivity index (χ3n) is 1.30. The van der Waals surface area contributed by atoms with Gasteiger partial charge in [-0.05, 0) is 0 Å². The summed E-state index contributed by atoms with van der Waals surface area (Å²) in [5.41, 5.74) is 0. The average molecular weight is 219 g/mol. The number of rotatable bonds is 5. The lowest BCUT2D eigenvalue weighted by Crippen LogP contribution is -2.29. The van der Waals surface area contributed by atoms with Crippen molar-refractivity contribution >= 4 is 23.6 Å². The number of carboxylic acid groups (broad SMARTS) is 1. The lowest BCUT2D eigenvalue weighted by molar-refractivity contribution is -0.136. The molecule has 0 unspecified atom stereocenters. The van der Waals surface area contributed by atoms with Crippen LogP contribution in [0.1, 0.15) is 27.2 Å². The van der Waals surface area contributed by atoms with E-state index in [0.29, 0.717) is 5.75 Å². The second kappa shape index (κ2) is 5.90. The standard InChI is InChI=1S/C9H17NO3S/c1-9(2,3)14-6-7(11)10-5-4-8(12)13/h4-6H2,1-3H3,(H,10,11)(H,12,13). The molecule has 0 saturated carbocycles. The first-order valence-corrected chi connectivity index (χ1v) is 5.42. The molecule has 0 radical (unpaired) electrons. The molecule has 0 aromatic heterocycles. The molecule has 1 amide bonds. The highest BCUT2D eigenvalue weighted by Gasteiger charge is 2.12. The van der Waals surface area contributed by atoms with E-state index in [0.717, 1.165) is 0 Å². The van der Waals surface area contributed by atoms with Crippen molar-refractivity contribution < 1.29 is 14.7 Å². The molecule has 0 saturated heterocycles. The summed E-state index contributed by atoms with van der Waals surface area (Å²) >= 11 is 1.54. The molecule has 0 aromatic rings. The van der Waals surface area contributed by atoms with Gasteiger partial charge in [-0.25, -0.2) is 0 Å². The molecule has 0 aromatic carbocycles. The van der Waals surface area contributed by atoms with Crippen LogP contribution in [0.3, 0.4) is 0 Å². The van der Waals surface area contributed by atoms with E-state index in [-0.39, 0.29) is 23.6 Å². The van der Waals surface area contributed by atoms with E-state index in [9.17, 15) is 9.59 Å². The number of aliphatic carboxylic acids is 1. The van der Waals surface area contributed by atoms with Crippen LogP contribution < -0.4 is 5.32 Å². The van der Waals surface area contributed by atoms with Gasteiger partial charge in [-0.3, -0.25) is 9.59 Å². The molecule has 14 heavy (non-hydrogen) atoms. The molecule has 0 fully saturated rings. The van der Waals surface area contributed by atoms with Crippen molar-refractivity contribution in [1.82, 2.24) is 5.32 Å². The van der Waals surface area contributed by atoms with Crippen LogP contribution in [0, 0.1) is 0 Å². The predicted octanol–water partition coefficient (Wildman–Crippen LogP) is 1.11. The van der Waals surface area contributed by atoms with Crippen molar-refractivity contribution in [2.75, 3.05) is 12.3 Å². The number of nitrogens with one attached hydrogen (secondary N) is 1. The summed E-state index contributed by atoms with van der Waals surface area (Å²) in [6.07, 6.45) is -0.0219. The monoisotopic (exact) mass is 219 g/mol. The Labute approximate surface area is 88.4 Å². The highest BCUT2D eigenvalue weighted by Crippen LogP contribution is 2.22. The second-order valence-corrected chi connectivity index (χ2v) is 5.70. The molecule has 0 spiro atoms. The number of hydrogen-bond acceptors (Lipinski definition) is 3. The number of carbonyl (C=O) groups is 2. The molecule has 0 aliphatic rings. The van der Waals surface area contributed by atoms with Gasteiger partial charge in [0.15, 0.2) is 0 Å². The van der Waals surface area contributed by atoms with Crippen LogP contribution in [0.15, 0.2) is 0 Å². The summed E-state index contributed by atoms with van der Waals surface area (Å²) in [5, 5.41) is 10.9. The van der Waals surface area contributed by atoms with Crippen LogP contribution in [0.5, 0.6) is 0 Å². The Kier molecular flexibility index (Phi) is 5.60. The number of hydrogen-bond donors (Lipinski definition) is 2. The zero-order valence-corrected chi connectivity index (χ0v) is 9.61. The van der Waals surface area contributed by atoms with Crippen molar-refractivity contribution in [3.8, 4) is 0 Å². The van der Waals surface area contributed by atoms with E-state index in [2.05, 4.69) is 5.32 Å². The maximum atomic E-state index is 11.1. The van der Waals surface area contributed by atoms with Crippen molar-refractivity contribution in [2.45, 2.75) is 31.9 Å². The number of carboxylic acids is 1. The lowest BCUT2D eigenvalue weighted by atomic mass is 10.3. The first-order valence-electron chi connectivity index (χ1n) is 4.44. The molecule has 2 N–H and O–H groups in total. The van der Waals surface area contributed by atoms with Gasteiger partial charge in [0.1, 0.15) is 0 Å². The van der Waals surface area contributed by atoms with E-state index in [1.54, 1.807) is 11.8 Å². The molecular formula is C9H17NO3S. The van der Waals surface area contributed by atoms with E-state index in [1.807, 2.05) is 20.8 Å². The molecule has 0 atom stereocenters. The zero-order valence-electron chi connectivity index (χ0n) is 8.79. The lowest BCUT2D eigenvalue weighted by Gasteiger charge is -2.16. The molecule has 0 aliphatic heterocycles. The Morgan fingerprint density at radius 2 is 1.93 bits per heavy atom. The maximum absolute atomic E-state index is 11.1. The van der Waals surface area contributed by atoms with Gasteiger partial charge in [-0.1, -0.05) is 20.8 Å². The normalized spacial score (nSPS) is 11.1. The Morgan fingerprint density at radius 3 is 2.36 bits per heavy atom. The molecule has 0 heterocycles. The van der Waals surface area contributed by atoms with Crippen LogP contribution in [0.25, 0.3) is 0 Å². The summed E-state index contributed by atoms with van der Waals surface area (Å²) in [6, 6.07) is 0. The third kappa shape index (κ3) is 9.38. The minimum absolute atomic E-state index is 0.0219. The molecule has 0 rings (SSSR count). The largest absolute Gasteiger partial charge is 0.481 e. The smallest absolute Gasteiger partial charge is 0.305 e. The van der Waals surface area contributed by atoms with Crippen molar-refractivity contribution in [3.63, 3.8) is 0 Å². The topological polar surface area (TPSA) is 66.4 Å².